The zero-order valence-corrected chi connectivity index (χ0v) is 19.0. The van der Waals surface area contributed by atoms with Crippen molar-refractivity contribution >= 4 is 0 Å². The van der Waals surface area contributed by atoms with Gasteiger partial charge in [0.15, 0.2) is 0 Å². The monoisotopic (exact) mass is 367 g/mol. The third kappa shape index (κ3) is 22.0. The van der Waals surface area contributed by atoms with Gasteiger partial charge in [-0.3, -0.25) is 0 Å². The van der Waals surface area contributed by atoms with E-state index in [0.717, 1.165) is 0 Å². The minimum atomic E-state index is 1.29. The molecule has 1 nitrogen and oxygen atoms in total. The highest BCUT2D eigenvalue weighted by Gasteiger charge is 1.98. The Labute approximate surface area is 167 Å². The third-order valence-electron chi connectivity index (χ3n) is 5.79. The summed E-state index contributed by atoms with van der Waals surface area (Å²) in [7, 11) is 2.28. The van der Waals surface area contributed by atoms with Crippen LogP contribution in [0.2, 0.25) is 0 Å². The van der Waals surface area contributed by atoms with Gasteiger partial charge in [0.2, 0.25) is 0 Å². The van der Waals surface area contributed by atoms with Crippen LogP contribution < -0.4 is 0 Å². The molecule has 0 saturated carbocycles. The van der Waals surface area contributed by atoms with Crippen LogP contribution in [0.1, 0.15) is 142 Å². The van der Waals surface area contributed by atoms with Gasteiger partial charge in [-0.25, -0.2) is 0 Å². The number of rotatable bonds is 22. The van der Waals surface area contributed by atoms with Crippen molar-refractivity contribution in [1.29, 1.82) is 0 Å². The van der Waals surface area contributed by atoms with E-state index in [1.54, 1.807) is 0 Å². The third-order valence-corrected chi connectivity index (χ3v) is 5.79. The smallest absolute Gasteiger partial charge is 0.00218 e. The van der Waals surface area contributed by atoms with Gasteiger partial charge < -0.3 is 4.90 Å². The van der Waals surface area contributed by atoms with E-state index in [2.05, 4.69) is 25.8 Å². The van der Waals surface area contributed by atoms with E-state index in [-0.39, 0.29) is 0 Å². The first-order valence-electron chi connectivity index (χ1n) is 12.5. The van der Waals surface area contributed by atoms with Crippen LogP contribution in [0.3, 0.4) is 0 Å². The first-order valence-corrected chi connectivity index (χ1v) is 12.5. The standard InChI is InChI=1S/C25H53N/c1-4-6-8-9-10-11-12-13-14-15-16-17-18-19-20-21-22-23-25-26(3)24-7-5-2/h4-25H2,1-3H3. The topological polar surface area (TPSA) is 3.24 Å². The minimum Gasteiger partial charge on any atom is -0.306 e. The highest BCUT2D eigenvalue weighted by atomic mass is 15.1. The molecule has 0 atom stereocenters. The van der Waals surface area contributed by atoms with Crippen LogP contribution in [0, 0.1) is 0 Å². The van der Waals surface area contributed by atoms with Crippen molar-refractivity contribution in [2.45, 2.75) is 142 Å². The average Bonchev–Trinajstić information content (AvgIpc) is 2.65. The van der Waals surface area contributed by atoms with Crippen LogP contribution in [-0.2, 0) is 0 Å². The van der Waals surface area contributed by atoms with Crippen LogP contribution in [0.5, 0.6) is 0 Å². The van der Waals surface area contributed by atoms with E-state index in [9.17, 15) is 0 Å². The Morgan fingerprint density at radius 3 is 0.962 bits per heavy atom. The SMILES string of the molecule is CCCCCCCCCCCCCCCCCCCCN(C)CCCC. The largest absolute Gasteiger partial charge is 0.306 e. The van der Waals surface area contributed by atoms with Crippen LogP contribution in [0.4, 0.5) is 0 Å². The number of hydrogen-bond acceptors (Lipinski definition) is 1. The van der Waals surface area contributed by atoms with E-state index >= 15 is 0 Å². The predicted octanol–water partition coefficient (Wildman–Crippen LogP) is 8.76. The molecular weight excluding hydrogens is 314 g/mol. The predicted molar refractivity (Wildman–Crippen MR) is 121 cm³/mol. The maximum absolute atomic E-state index is 2.51. The molecule has 0 heterocycles. The number of hydrogen-bond donors (Lipinski definition) is 0. The zero-order chi connectivity index (χ0) is 19.1. The molecule has 0 rings (SSSR count). The van der Waals surface area contributed by atoms with Gasteiger partial charge in [0.05, 0.1) is 0 Å². The molecule has 0 N–H and O–H groups in total. The molecule has 0 aliphatic rings. The van der Waals surface area contributed by atoms with Gasteiger partial charge in [-0.05, 0) is 33.0 Å². The fraction of sp³-hybridized carbons (Fsp3) is 1.00. The molecule has 26 heavy (non-hydrogen) atoms. The van der Waals surface area contributed by atoms with Gasteiger partial charge in [-0.1, -0.05) is 129 Å². The Morgan fingerprint density at radius 2 is 0.615 bits per heavy atom. The number of unbranched alkanes of at least 4 members (excludes halogenated alkanes) is 18. The zero-order valence-electron chi connectivity index (χ0n) is 19.0. The normalized spacial score (nSPS) is 11.5. The van der Waals surface area contributed by atoms with Crippen molar-refractivity contribution in [1.82, 2.24) is 4.90 Å². The molecule has 0 aromatic heterocycles. The van der Waals surface area contributed by atoms with E-state index in [0.29, 0.717) is 0 Å². The lowest BCUT2D eigenvalue weighted by Crippen LogP contribution is -2.20. The van der Waals surface area contributed by atoms with Gasteiger partial charge >= 0.3 is 0 Å². The van der Waals surface area contributed by atoms with Crippen molar-refractivity contribution in [3.63, 3.8) is 0 Å². The van der Waals surface area contributed by atoms with Gasteiger partial charge in [-0.15, -0.1) is 0 Å². The molecule has 0 aromatic carbocycles. The molecule has 0 aromatic rings. The Morgan fingerprint density at radius 1 is 0.346 bits per heavy atom. The average molecular weight is 368 g/mol. The van der Waals surface area contributed by atoms with Crippen LogP contribution >= 0.6 is 0 Å². The van der Waals surface area contributed by atoms with Crippen molar-refractivity contribution < 1.29 is 0 Å². The second-order valence-corrected chi connectivity index (χ2v) is 8.67. The molecule has 0 bridgehead atoms. The Hall–Kier alpha value is -0.0400. The summed E-state index contributed by atoms with van der Waals surface area (Å²) in [6, 6.07) is 0. The van der Waals surface area contributed by atoms with Gasteiger partial charge in [0, 0.05) is 0 Å². The van der Waals surface area contributed by atoms with Crippen LogP contribution in [-0.4, -0.2) is 25.0 Å². The minimum absolute atomic E-state index is 1.29. The molecule has 0 unspecified atom stereocenters. The molecule has 1 heteroatoms. The van der Waals surface area contributed by atoms with Gasteiger partial charge in [0.25, 0.3) is 0 Å². The highest BCUT2D eigenvalue weighted by molar-refractivity contribution is 4.53. The van der Waals surface area contributed by atoms with Crippen molar-refractivity contribution in [2.24, 2.45) is 0 Å². The van der Waals surface area contributed by atoms with E-state index in [1.165, 1.54) is 142 Å². The molecule has 0 amide bonds. The number of nitrogens with zero attached hydrogens (tertiary/aromatic N) is 1. The molecule has 0 radical (unpaired) electrons. The molecule has 0 fully saturated rings. The van der Waals surface area contributed by atoms with Crippen molar-refractivity contribution in [3.8, 4) is 0 Å². The maximum Gasteiger partial charge on any atom is -0.00218 e. The molecule has 0 saturated heterocycles. The summed E-state index contributed by atoms with van der Waals surface area (Å²) in [5, 5.41) is 0. The molecule has 0 spiro atoms. The van der Waals surface area contributed by atoms with Gasteiger partial charge in [-0.2, -0.15) is 0 Å². The second-order valence-electron chi connectivity index (χ2n) is 8.67. The lowest BCUT2D eigenvalue weighted by Gasteiger charge is -2.15. The van der Waals surface area contributed by atoms with E-state index < -0.39 is 0 Å². The summed E-state index contributed by atoms with van der Waals surface area (Å²) < 4.78 is 0. The van der Waals surface area contributed by atoms with Crippen molar-refractivity contribution in [3.05, 3.63) is 0 Å². The fourth-order valence-electron chi connectivity index (χ4n) is 3.82. The molecular formula is C25H53N. The first kappa shape index (κ1) is 26.0. The summed E-state index contributed by atoms with van der Waals surface area (Å²) in [6.45, 7) is 7.17. The second kappa shape index (κ2) is 23.0. The lowest BCUT2D eigenvalue weighted by molar-refractivity contribution is 0.318. The summed E-state index contributed by atoms with van der Waals surface area (Å²) in [5.41, 5.74) is 0. The quantitative estimate of drug-likeness (QED) is 0.173. The highest BCUT2D eigenvalue weighted by Crippen LogP contribution is 2.14. The lowest BCUT2D eigenvalue weighted by atomic mass is 10.0. The first-order chi connectivity index (χ1) is 12.8. The van der Waals surface area contributed by atoms with Crippen LogP contribution in [0.15, 0.2) is 0 Å². The van der Waals surface area contributed by atoms with E-state index in [1.807, 2.05) is 0 Å². The van der Waals surface area contributed by atoms with Crippen molar-refractivity contribution in [2.75, 3.05) is 20.1 Å². The summed E-state index contributed by atoms with van der Waals surface area (Å²) >= 11 is 0. The summed E-state index contributed by atoms with van der Waals surface area (Å²) in [4.78, 5) is 2.51. The van der Waals surface area contributed by atoms with Gasteiger partial charge in [0.1, 0.15) is 0 Å². The molecule has 0 aliphatic heterocycles. The summed E-state index contributed by atoms with van der Waals surface area (Å²) in [5.74, 6) is 0. The summed E-state index contributed by atoms with van der Waals surface area (Å²) in [6.07, 6.45) is 29.0. The fourth-order valence-corrected chi connectivity index (χ4v) is 3.82. The molecule has 158 valence electrons. The maximum atomic E-state index is 2.51. The Balaban J connectivity index is 3.03. The Bertz CT molecular complexity index is 238. The van der Waals surface area contributed by atoms with E-state index in [4.69, 9.17) is 0 Å². The Kier molecular flexibility index (Phi) is 23.0. The molecule has 0 aliphatic carbocycles. The van der Waals surface area contributed by atoms with Crippen LogP contribution in [0.25, 0.3) is 0 Å².